The van der Waals surface area contributed by atoms with Crippen LogP contribution >= 0.6 is 23.5 Å². The lowest BCUT2D eigenvalue weighted by molar-refractivity contribution is -0.119. The molecule has 0 bridgehead atoms. The van der Waals surface area contributed by atoms with Crippen molar-refractivity contribution in [2.75, 3.05) is 0 Å². The van der Waals surface area contributed by atoms with E-state index in [1.807, 2.05) is 0 Å². The van der Waals surface area contributed by atoms with Gasteiger partial charge in [0.2, 0.25) is 11.8 Å². The molecule has 1 saturated carbocycles. The normalized spacial score (nSPS) is 16.7. The van der Waals surface area contributed by atoms with Gasteiger partial charge in [-0.2, -0.15) is 0 Å². The van der Waals surface area contributed by atoms with E-state index in [1.165, 1.54) is 0 Å². The van der Waals surface area contributed by atoms with E-state index in [0.29, 0.717) is 29.3 Å². The highest BCUT2D eigenvalue weighted by Crippen LogP contribution is 2.37. The number of hydrogen-bond acceptors (Lipinski definition) is 10. The highest BCUT2D eigenvalue weighted by Gasteiger charge is 2.30. The van der Waals surface area contributed by atoms with Crippen molar-refractivity contribution in [1.82, 2.24) is 20.6 Å². The molecule has 10 nitrogen and oxygen atoms in total. The molecule has 2 unspecified atom stereocenters. The Hall–Kier alpha value is -3.38. The molecule has 1 fully saturated rings. The maximum absolute atomic E-state index is 12.1. The first-order valence-corrected chi connectivity index (χ1v) is 13.0. The monoisotopic (exact) mass is 524 g/mol. The van der Waals surface area contributed by atoms with Crippen molar-refractivity contribution in [3.63, 3.8) is 0 Å². The molecule has 3 rings (SSSR count). The molecule has 2 heterocycles. The van der Waals surface area contributed by atoms with E-state index in [2.05, 4.69) is 20.6 Å². The van der Waals surface area contributed by atoms with Gasteiger partial charge in [-0.3, -0.25) is 41.2 Å². The zero-order valence-corrected chi connectivity index (χ0v) is 21.2. The van der Waals surface area contributed by atoms with Crippen LogP contribution in [0.25, 0.3) is 0 Å². The van der Waals surface area contributed by atoms with Gasteiger partial charge in [0.05, 0.1) is 22.9 Å². The summed E-state index contributed by atoms with van der Waals surface area (Å²) in [6.07, 6.45) is 6.15. The molecule has 2 amide bonds. The predicted octanol–water partition coefficient (Wildman–Crippen LogP) is 3.59. The second-order valence-electron chi connectivity index (χ2n) is 8.32. The van der Waals surface area contributed by atoms with E-state index < -0.39 is 0 Å². The summed E-state index contributed by atoms with van der Waals surface area (Å²) in [5.41, 5.74) is 1.23. The fraction of sp³-hybridized carbons (Fsp3) is 0.333. The lowest BCUT2D eigenvalue weighted by atomic mass is 10.0. The Morgan fingerprint density at radius 3 is 1.92 bits per heavy atom. The molecule has 6 N–H and O–H groups in total. The summed E-state index contributed by atoms with van der Waals surface area (Å²) in [6, 6.07) is 10.6. The predicted molar refractivity (Wildman–Crippen MR) is 144 cm³/mol. The minimum Gasteiger partial charge on any atom is -0.305 e. The summed E-state index contributed by atoms with van der Waals surface area (Å²) < 4.78 is 0. The first kappa shape index (κ1) is 27.2. The summed E-state index contributed by atoms with van der Waals surface area (Å²) in [7, 11) is 0. The summed E-state index contributed by atoms with van der Waals surface area (Å²) >= 11 is 1.87. The molecule has 188 valence electrons. The Morgan fingerprint density at radius 1 is 0.833 bits per heavy atom. The van der Waals surface area contributed by atoms with Gasteiger partial charge in [-0.05, 0) is 79.4 Å². The van der Waals surface area contributed by atoms with Crippen molar-refractivity contribution >= 4 is 55.8 Å². The number of amides is 2. The van der Waals surface area contributed by atoms with Gasteiger partial charge in [0.25, 0.3) is 0 Å². The van der Waals surface area contributed by atoms with Gasteiger partial charge in [-0.25, -0.2) is 0 Å². The number of nitrogens with zero attached hydrogens (tertiary/aromatic N) is 2. The number of hydrogen-bond donors (Lipinski definition) is 6. The highest BCUT2D eigenvalue weighted by molar-refractivity contribution is 8.26. The molecule has 36 heavy (non-hydrogen) atoms. The summed E-state index contributed by atoms with van der Waals surface area (Å²) in [5.74, 6) is -0.521. The smallest absolute Gasteiger partial charge is 0.231 e. The lowest BCUT2D eigenvalue weighted by Gasteiger charge is -2.14. The van der Waals surface area contributed by atoms with Crippen molar-refractivity contribution in [2.24, 2.45) is 11.8 Å². The van der Waals surface area contributed by atoms with Crippen molar-refractivity contribution in [3.05, 3.63) is 60.2 Å². The number of rotatable bonds is 7. The molecule has 0 radical (unpaired) electrons. The minimum atomic E-state index is -0.347. The number of amidine groups is 2. The summed E-state index contributed by atoms with van der Waals surface area (Å²) in [5, 5.41) is 38.0. The molecule has 2 atom stereocenters. The average Bonchev–Trinajstić information content (AvgIpc) is 3.28. The van der Waals surface area contributed by atoms with Crippen LogP contribution in [0.15, 0.2) is 48.8 Å². The Kier molecular flexibility index (Phi) is 10.3. The molecule has 1 aliphatic carbocycles. The molecular formula is C24H28N8O2S2. The first-order chi connectivity index (χ1) is 17.3. The van der Waals surface area contributed by atoms with E-state index in [4.69, 9.17) is 21.6 Å². The van der Waals surface area contributed by atoms with E-state index in [1.54, 1.807) is 48.8 Å². The van der Waals surface area contributed by atoms with Crippen LogP contribution in [0.5, 0.6) is 0 Å². The number of carbonyl (C=O) groups excluding carboxylic acids is 2. The number of carbonyl (C=O) groups is 2. The van der Waals surface area contributed by atoms with Gasteiger partial charge in [0.15, 0.2) is 10.3 Å². The van der Waals surface area contributed by atoms with Crippen LogP contribution in [0.1, 0.15) is 37.1 Å². The number of thioether (sulfide) groups is 2. The van der Waals surface area contributed by atoms with E-state index in [9.17, 15) is 9.59 Å². The second kappa shape index (κ2) is 13.6. The van der Waals surface area contributed by atoms with E-state index in [-0.39, 0.29) is 51.9 Å². The quantitative estimate of drug-likeness (QED) is 0.238. The van der Waals surface area contributed by atoms with Crippen LogP contribution in [0.2, 0.25) is 0 Å². The SMILES string of the molecule is N=C(CC1CCC(C(=N)SC(=N)NC(=O)Cc2ccccn2)C1)SC(=N)NC(=O)Cc1ccccn1. The topological polar surface area (TPSA) is 179 Å². The third-order valence-corrected chi connectivity index (χ3v) is 7.04. The molecule has 0 saturated heterocycles. The molecular weight excluding hydrogens is 496 g/mol. The molecule has 0 aromatic carbocycles. The van der Waals surface area contributed by atoms with Crippen molar-refractivity contribution < 1.29 is 9.59 Å². The third-order valence-electron chi connectivity index (χ3n) is 5.46. The van der Waals surface area contributed by atoms with Gasteiger partial charge in [0.1, 0.15) is 0 Å². The molecule has 12 heteroatoms. The van der Waals surface area contributed by atoms with Gasteiger partial charge in [-0.15, -0.1) is 0 Å². The second-order valence-corrected chi connectivity index (χ2v) is 10.5. The number of nitrogens with one attached hydrogen (secondary N) is 6. The Bertz CT molecular complexity index is 1130. The van der Waals surface area contributed by atoms with Crippen LogP contribution in [-0.4, -0.2) is 42.2 Å². The Morgan fingerprint density at radius 2 is 1.39 bits per heavy atom. The number of aromatic nitrogens is 2. The molecule has 2 aromatic rings. The fourth-order valence-corrected chi connectivity index (χ4v) is 5.34. The van der Waals surface area contributed by atoms with Crippen LogP contribution in [-0.2, 0) is 22.4 Å². The molecule has 1 aliphatic rings. The largest absolute Gasteiger partial charge is 0.305 e. The maximum Gasteiger partial charge on any atom is 0.231 e. The molecule has 2 aromatic heterocycles. The fourth-order valence-electron chi connectivity index (χ4n) is 3.85. The number of pyridine rings is 2. The average molecular weight is 525 g/mol. The minimum absolute atomic E-state index is 0.0247. The Balaban J connectivity index is 1.34. The lowest BCUT2D eigenvalue weighted by Crippen LogP contribution is -2.30. The van der Waals surface area contributed by atoms with E-state index >= 15 is 0 Å². The summed E-state index contributed by atoms with van der Waals surface area (Å²) in [4.78, 5) is 32.3. The van der Waals surface area contributed by atoms with Crippen LogP contribution in [0.4, 0.5) is 0 Å². The molecule has 0 spiro atoms. The van der Waals surface area contributed by atoms with Crippen molar-refractivity contribution in [3.8, 4) is 0 Å². The van der Waals surface area contributed by atoms with Gasteiger partial charge < -0.3 is 10.6 Å². The van der Waals surface area contributed by atoms with Crippen LogP contribution in [0, 0.1) is 33.5 Å². The molecule has 0 aliphatic heterocycles. The zero-order chi connectivity index (χ0) is 25.9. The summed E-state index contributed by atoms with van der Waals surface area (Å²) in [6.45, 7) is 0. The zero-order valence-electron chi connectivity index (χ0n) is 19.5. The van der Waals surface area contributed by atoms with Gasteiger partial charge in [-0.1, -0.05) is 12.1 Å². The van der Waals surface area contributed by atoms with Crippen molar-refractivity contribution in [1.29, 1.82) is 21.6 Å². The maximum atomic E-state index is 12.1. The highest BCUT2D eigenvalue weighted by atomic mass is 32.2. The van der Waals surface area contributed by atoms with E-state index in [0.717, 1.165) is 36.4 Å². The van der Waals surface area contributed by atoms with Gasteiger partial charge in [0, 0.05) is 29.7 Å². The standard InChI is InChI=1S/C24H28N8O2S2/c25-19(35-23(27)31-20(33)13-17-5-1-3-9-29-17)12-15-7-8-16(11-15)22(26)36-24(28)32-21(34)14-18-6-2-4-10-30-18/h1-6,9-10,15-16,25-26H,7-8,11-14H2,(H2,27,31,33)(H2,28,32,34). The van der Waals surface area contributed by atoms with Crippen molar-refractivity contribution in [2.45, 2.75) is 38.5 Å². The van der Waals surface area contributed by atoms with Crippen LogP contribution < -0.4 is 10.6 Å². The third kappa shape index (κ3) is 9.34. The first-order valence-electron chi connectivity index (χ1n) is 11.4. The Labute approximate surface area is 217 Å². The van der Waals surface area contributed by atoms with Crippen LogP contribution in [0.3, 0.4) is 0 Å². The van der Waals surface area contributed by atoms with Gasteiger partial charge >= 0.3 is 0 Å².